The minimum Gasteiger partial charge on any atom is -0.497 e. The zero-order valence-electron chi connectivity index (χ0n) is 13.4. The Hall–Kier alpha value is -2.26. The Kier molecular flexibility index (Phi) is 6.04. The number of methoxy groups -OCH3 is 2. The van der Waals surface area contributed by atoms with E-state index in [-0.39, 0.29) is 0 Å². The summed E-state index contributed by atoms with van der Waals surface area (Å²) in [5.74, 6) is 0.870. The highest BCUT2D eigenvalue weighted by molar-refractivity contribution is 5.77. The molecule has 1 N–H and O–H groups in total. The fraction of sp³-hybridized carbons (Fsp3) is 0.263. The summed E-state index contributed by atoms with van der Waals surface area (Å²) in [5, 5.41) is 3.41. The first-order valence-electron chi connectivity index (χ1n) is 7.38. The first-order chi connectivity index (χ1) is 10.7. The standard InChI is InChI=1S/C19H23NO2/c1-15-4-8-17(19(14-15)20-12-13-21-2)9-5-16-6-10-18(22-3)11-7-16/h4-11,14,20H,12-13H2,1-3H3. The predicted octanol–water partition coefficient (Wildman–Crippen LogP) is 4.23. The Morgan fingerprint density at radius 3 is 2.45 bits per heavy atom. The van der Waals surface area contributed by atoms with Crippen molar-refractivity contribution >= 4 is 17.8 Å². The summed E-state index contributed by atoms with van der Waals surface area (Å²) in [5.41, 5.74) is 4.67. The smallest absolute Gasteiger partial charge is 0.118 e. The van der Waals surface area contributed by atoms with Crippen LogP contribution in [0.25, 0.3) is 12.2 Å². The van der Waals surface area contributed by atoms with Crippen molar-refractivity contribution in [2.45, 2.75) is 6.92 Å². The van der Waals surface area contributed by atoms with Gasteiger partial charge in [0.05, 0.1) is 13.7 Å². The van der Waals surface area contributed by atoms with Gasteiger partial charge in [0.1, 0.15) is 5.75 Å². The molecule has 0 aliphatic heterocycles. The van der Waals surface area contributed by atoms with Crippen LogP contribution in [0.15, 0.2) is 42.5 Å². The number of rotatable bonds is 7. The maximum Gasteiger partial charge on any atom is 0.118 e. The van der Waals surface area contributed by atoms with E-state index in [1.165, 1.54) is 5.56 Å². The van der Waals surface area contributed by atoms with E-state index in [2.05, 4.69) is 42.6 Å². The van der Waals surface area contributed by atoms with Crippen LogP contribution in [0.5, 0.6) is 5.75 Å². The summed E-state index contributed by atoms with van der Waals surface area (Å²) in [6.07, 6.45) is 4.22. The molecule has 2 aromatic carbocycles. The van der Waals surface area contributed by atoms with E-state index in [1.807, 2.05) is 24.3 Å². The van der Waals surface area contributed by atoms with E-state index in [1.54, 1.807) is 14.2 Å². The van der Waals surface area contributed by atoms with E-state index in [9.17, 15) is 0 Å². The van der Waals surface area contributed by atoms with Gasteiger partial charge >= 0.3 is 0 Å². The molecule has 3 heteroatoms. The molecule has 116 valence electrons. The van der Waals surface area contributed by atoms with Gasteiger partial charge in [0, 0.05) is 19.3 Å². The van der Waals surface area contributed by atoms with E-state index >= 15 is 0 Å². The lowest BCUT2D eigenvalue weighted by molar-refractivity contribution is 0.211. The number of hydrogen-bond donors (Lipinski definition) is 1. The normalized spacial score (nSPS) is 10.9. The molecular formula is C19H23NO2. The molecule has 0 saturated heterocycles. The molecule has 0 saturated carbocycles. The van der Waals surface area contributed by atoms with Crippen LogP contribution in [0.1, 0.15) is 16.7 Å². The fourth-order valence-electron chi connectivity index (χ4n) is 2.16. The Morgan fingerprint density at radius 2 is 1.77 bits per heavy atom. The number of aryl methyl sites for hydroxylation is 1. The second-order valence-corrected chi connectivity index (χ2v) is 5.12. The lowest BCUT2D eigenvalue weighted by Crippen LogP contribution is -2.08. The molecule has 0 heterocycles. The minimum atomic E-state index is 0.690. The average Bonchev–Trinajstić information content (AvgIpc) is 2.55. The molecule has 22 heavy (non-hydrogen) atoms. The predicted molar refractivity (Wildman–Crippen MR) is 93.5 cm³/mol. The molecule has 0 aromatic heterocycles. The zero-order valence-corrected chi connectivity index (χ0v) is 13.4. The second kappa shape index (κ2) is 8.25. The van der Waals surface area contributed by atoms with Crippen LogP contribution in [-0.4, -0.2) is 27.4 Å². The Labute approximate surface area is 132 Å². The van der Waals surface area contributed by atoms with Gasteiger partial charge in [-0.25, -0.2) is 0 Å². The third-order valence-electron chi connectivity index (χ3n) is 3.40. The number of ether oxygens (including phenoxy) is 2. The van der Waals surface area contributed by atoms with Gasteiger partial charge in [0.15, 0.2) is 0 Å². The van der Waals surface area contributed by atoms with Gasteiger partial charge in [-0.15, -0.1) is 0 Å². The molecule has 0 radical (unpaired) electrons. The van der Waals surface area contributed by atoms with Gasteiger partial charge in [-0.05, 0) is 41.8 Å². The van der Waals surface area contributed by atoms with Crippen LogP contribution >= 0.6 is 0 Å². The third-order valence-corrected chi connectivity index (χ3v) is 3.40. The zero-order chi connectivity index (χ0) is 15.8. The minimum absolute atomic E-state index is 0.690. The van der Waals surface area contributed by atoms with Crippen molar-refractivity contribution in [3.63, 3.8) is 0 Å². The van der Waals surface area contributed by atoms with E-state index < -0.39 is 0 Å². The molecule has 0 unspecified atom stereocenters. The molecule has 0 atom stereocenters. The van der Waals surface area contributed by atoms with Gasteiger partial charge in [0.25, 0.3) is 0 Å². The number of anilines is 1. The van der Waals surface area contributed by atoms with Crippen LogP contribution in [0.2, 0.25) is 0 Å². The second-order valence-electron chi connectivity index (χ2n) is 5.12. The number of nitrogens with one attached hydrogen (secondary N) is 1. The third kappa shape index (κ3) is 4.64. The van der Waals surface area contributed by atoms with Crippen LogP contribution in [0.3, 0.4) is 0 Å². The summed E-state index contributed by atoms with van der Waals surface area (Å²) in [6, 6.07) is 14.4. The quantitative estimate of drug-likeness (QED) is 0.613. The maximum absolute atomic E-state index is 5.17. The van der Waals surface area contributed by atoms with Crippen molar-refractivity contribution in [1.82, 2.24) is 0 Å². The highest BCUT2D eigenvalue weighted by Crippen LogP contribution is 2.21. The van der Waals surface area contributed by atoms with E-state index in [0.29, 0.717) is 6.61 Å². The Balaban J connectivity index is 2.14. The van der Waals surface area contributed by atoms with Crippen molar-refractivity contribution in [3.05, 3.63) is 59.2 Å². The largest absolute Gasteiger partial charge is 0.497 e. The molecule has 2 rings (SSSR count). The topological polar surface area (TPSA) is 30.5 Å². The molecule has 0 amide bonds. The maximum atomic E-state index is 5.17. The monoisotopic (exact) mass is 297 g/mol. The average molecular weight is 297 g/mol. The van der Waals surface area contributed by atoms with Crippen LogP contribution < -0.4 is 10.1 Å². The molecule has 0 aliphatic rings. The van der Waals surface area contributed by atoms with Crippen molar-refractivity contribution < 1.29 is 9.47 Å². The lowest BCUT2D eigenvalue weighted by Gasteiger charge is -2.10. The number of hydrogen-bond acceptors (Lipinski definition) is 3. The van der Waals surface area contributed by atoms with Crippen molar-refractivity contribution in [1.29, 1.82) is 0 Å². The highest BCUT2D eigenvalue weighted by Gasteiger charge is 2.00. The van der Waals surface area contributed by atoms with Crippen molar-refractivity contribution in [3.8, 4) is 5.75 Å². The molecule has 0 bridgehead atoms. The summed E-state index contributed by atoms with van der Waals surface area (Å²) >= 11 is 0. The first kappa shape index (κ1) is 16.1. The molecule has 2 aromatic rings. The Bertz CT molecular complexity index is 618. The summed E-state index contributed by atoms with van der Waals surface area (Å²) in [7, 11) is 3.39. The molecule has 3 nitrogen and oxygen atoms in total. The van der Waals surface area contributed by atoms with E-state index in [0.717, 1.165) is 29.1 Å². The fourth-order valence-corrected chi connectivity index (χ4v) is 2.16. The van der Waals surface area contributed by atoms with Gasteiger partial charge in [-0.1, -0.05) is 36.4 Å². The number of benzene rings is 2. The Morgan fingerprint density at radius 1 is 1.00 bits per heavy atom. The van der Waals surface area contributed by atoms with Gasteiger partial charge in [-0.2, -0.15) is 0 Å². The van der Waals surface area contributed by atoms with Gasteiger partial charge < -0.3 is 14.8 Å². The summed E-state index contributed by atoms with van der Waals surface area (Å²) in [4.78, 5) is 0. The summed E-state index contributed by atoms with van der Waals surface area (Å²) < 4.78 is 10.3. The van der Waals surface area contributed by atoms with Crippen LogP contribution in [-0.2, 0) is 4.74 Å². The first-order valence-corrected chi connectivity index (χ1v) is 7.38. The highest BCUT2D eigenvalue weighted by atomic mass is 16.5. The van der Waals surface area contributed by atoms with Gasteiger partial charge in [0.2, 0.25) is 0 Å². The molecule has 0 fully saturated rings. The van der Waals surface area contributed by atoms with Crippen LogP contribution in [0.4, 0.5) is 5.69 Å². The molecule has 0 spiro atoms. The molecule has 0 aliphatic carbocycles. The van der Waals surface area contributed by atoms with Crippen molar-refractivity contribution in [2.75, 3.05) is 32.7 Å². The van der Waals surface area contributed by atoms with Crippen molar-refractivity contribution in [2.24, 2.45) is 0 Å². The van der Waals surface area contributed by atoms with Gasteiger partial charge in [-0.3, -0.25) is 0 Å². The van der Waals surface area contributed by atoms with Crippen LogP contribution in [0, 0.1) is 6.92 Å². The molecular weight excluding hydrogens is 274 g/mol. The van der Waals surface area contributed by atoms with E-state index in [4.69, 9.17) is 9.47 Å². The SMILES string of the molecule is COCCNc1cc(C)ccc1C=Cc1ccc(OC)cc1. The lowest BCUT2D eigenvalue weighted by atomic mass is 10.1. The summed E-state index contributed by atoms with van der Waals surface area (Å²) in [6.45, 7) is 3.58.